The molecule has 2 amide bonds. The van der Waals surface area contributed by atoms with E-state index in [0.717, 1.165) is 23.5 Å². The summed E-state index contributed by atoms with van der Waals surface area (Å²) in [4.78, 5) is 26.8. The van der Waals surface area contributed by atoms with Crippen molar-refractivity contribution in [1.29, 1.82) is 5.26 Å². The molecule has 0 spiro atoms. The number of hydrogen-bond donors (Lipinski definition) is 1. The number of nitrogens with one attached hydrogen (secondary N) is 1. The smallest absolute Gasteiger partial charge is 0.313 e. The number of hydrogen-bond acceptors (Lipinski definition) is 4. The third-order valence-electron chi connectivity index (χ3n) is 6.42. The Hall–Kier alpha value is -2.40. The minimum Gasteiger partial charge on any atom is -0.313 e. The van der Waals surface area contributed by atoms with Gasteiger partial charge < -0.3 is 5.32 Å². The lowest BCUT2D eigenvalue weighted by Gasteiger charge is -2.43. The fourth-order valence-corrected chi connectivity index (χ4v) is 5.30. The van der Waals surface area contributed by atoms with Crippen LogP contribution in [0.25, 0.3) is 0 Å². The minimum atomic E-state index is -4.73. The van der Waals surface area contributed by atoms with Gasteiger partial charge in [-0.25, -0.2) is 4.90 Å². The highest BCUT2D eigenvalue weighted by atomic mass is 19.4. The van der Waals surface area contributed by atoms with E-state index < -0.39 is 41.0 Å². The van der Waals surface area contributed by atoms with Gasteiger partial charge in [0, 0.05) is 6.04 Å². The number of fused-ring (bicyclic) bond motifs is 1. The summed E-state index contributed by atoms with van der Waals surface area (Å²) in [5, 5.41) is 12.3. The molecule has 0 aromatic heterocycles. The Balaban J connectivity index is 1.57. The second-order valence-electron chi connectivity index (χ2n) is 7.56. The van der Waals surface area contributed by atoms with Crippen molar-refractivity contribution in [3.05, 3.63) is 29.3 Å². The van der Waals surface area contributed by atoms with Crippen molar-refractivity contribution >= 4 is 17.5 Å². The molecule has 3 heterocycles. The van der Waals surface area contributed by atoms with Crippen molar-refractivity contribution in [3.8, 4) is 6.07 Å². The summed E-state index contributed by atoms with van der Waals surface area (Å²) in [6, 6.07) is 4.45. The van der Waals surface area contributed by atoms with E-state index in [1.165, 1.54) is 12.1 Å². The summed E-state index contributed by atoms with van der Waals surface area (Å²) in [5.41, 5.74) is -1.76. The van der Waals surface area contributed by atoms with Gasteiger partial charge in [0.2, 0.25) is 11.8 Å². The Morgan fingerprint density at radius 3 is 2.54 bits per heavy atom. The van der Waals surface area contributed by atoms with Gasteiger partial charge in [-0.15, -0.1) is 0 Å². The predicted octanol–water partition coefficient (Wildman–Crippen LogP) is 1.92. The highest BCUT2D eigenvalue weighted by Gasteiger charge is 2.68. The third kappa shape index (κ3) is 1.89. The van der Waals surface area contributed by atoms with E-state index >= 15 is 0 Å². The number of rotatable bonds is 1. The molecule has 5 aliphatic rings. The summed E-state index contributed by atoms with van der Waals surface area (Å²) in [5.74, 6) is -0.830. The van der Waals surface area contributed by atoms with Crippen LogP contribution in [0.3, 0.4) is 0 Å². The average molecular weight is 361 g/mol. The fraction of sp³-hybridized carbons (Fsp3) is 0.500. The Morgan fingerprint density at radius 1 is 1.12 bits per heavy atom. The number of anilines is 1. The Morgan fingerprint density at radius 2 is 1.85 bits per heavy atom. The number of nitriles is 1. The second-order valence-corrected chi connectivity index (χ2v) is 7.56. The van der Waals surface area contributed by atoms with Crippen LogP contribution in [0.4, 0.5) is 18.9 Å². The van der Waals surface area contributed by atoms with Gasteiger partial charge in [-0.3, -0.25) is 9.59 Å². The van der Waals surface area contributed by atoms with E-state index in [4.69, 9.17) is 5.26 Å². The van der Waals surface area contributed by atoms with Crippen molar-refractivity contribution in [1.82, 2.24) is 5.32 Å². The number of amides is 2. The van der Waals surface area contributed by atoms with Crippen molar-refractivity contribution < 1.29 is 22.8 Å². The number of imide groups is 1. The first-order chi connectivity index (χ1) is 12.3. The molecule has 26 heavy (non-hydrogen) atoms. The molecule has 1 aromatic rings. The highest BCUT2D eigenvalue weighted by Crippen LogP contribution is 2.61. The van der Waals surface area contributed by atoms with Crippen molar-refractivity contribution in [3.63, 3.8) is 0 Å². The monoisotopic (exact) mass is 361 g/mol. The van der Waals surface area contributed by atoms with Gasteiger partial charge in [-0.05, 0) is 48.9 Å². The zero-order valence-corrected chi connectivity index (χ0v) is 13.5. The standard InChI is InChI=1S/C18H14F3N3O2/c19-18(20,21)12-3-8(2-1-7(12)5-22)24-16(25)13-11-6-23-15(10-4-9(10)11)14(13)17(24)26/h1-3,9-11,13-15,23H,4,6H2. The predicted molar refractivity (Wildman–Crippen MR) is 82.5 cm³/mol. The second kappa shape index (κ2) is 4.86. The molecule has 6 atom stereocenters. The van der Waals surface area contributed by atoms with E-state index in [1.54, 1.807) is 0 Å². The number of carbonyl (C=O) groups is 2. The van der Waals surface area contributed by atoms with Crippen LogP contribution in [-0.2, 0) is 15.8 Å². The van der Waals surface area contributed by atoms with E-state index in [1.807, 2.05) is 0 Å². The van der Waals surface area contributed by atoms with E-state index in [2.05, 4.69) is 5.32 Å². The zero-order valence-electron chi connectivity index (χ0n) is 13.5. The molecule has 8 heteroatoms. The molecule has 6 unspecified atom stereocenters. The number of halogens is 3. The lowest BCUT2D eigenvalue weighted by Crippen LogP contribution is -2.58. The number of piperidine rings is 2. The van der Waals surface area contributed by atoms with Crippen LogP contribution < -0.4 is 10.2 Å². The number of nitrogens with zero attached hydrogens (tertiary/aromatic N) is 2. The Kier molecular flexibility index (Phi) is 2.96. The van der Waals surface area contributed by atoms with Gasteiger partial charge in [0.15, 0.2) is 0 Å². The molecular formula is C18H14F3N3O2. The Labute approximate surface area is 146 Å². The maximum absolute atomic E-state index is 13.2. The van der Waals surface area contributed by atoms with E-state index in [0.29, 0.717) is 18.4 Å². The van der Waals surface area contributed by atoms with Crippen LogP contribution in [0.1, 0.15) is 17.5 Å². The van der Waals surface area contributed by atoms with Gasteiger partial charge in [0.1, 0.15) is 0 Å². The Bertz CT molecular complexity index is 857. The van der Waals surface area contributed by atoms with Crippen molar-refractivity contribution in [2.75, 3.05) is 11.4 Å². The third-order valence-corrected chi connectivity index (χ3v) is 6.42. The van der Waals surface area contributed by atoms with Crippen LogP contribution in [0.5, 0.6) is 0 Å². The molecule has 0 radical (unpaired) electrons. The first-order valence-electron chi connectivity index (χ1n) is 8.55. The normalized spacial score (nSPS) is 37.4. The molecule has 3 aliphatic heterocycles. The van der Waals surface area contributed by atoms with Gasteiger partial charge in [0.25, 0.3) is 0 Å². The summed E-state index contributed by atoms with van der Waals surface area (Å²) in [7, 11) is 0. The summed E-state index contributed by atoms with van der Waals surface area (Å²) < 4.78 is 39.7. The van der Waals surface area contributed by atoms with Gasteiger partial charge in [0.05, 0.1) is 34.7 Å². The SMILES string of the molecule is N#Cc1ccc(N2C(=O)C3C4CNC(C5CC54)C3C2=O)cc1C(F)(F)F. The lowest BCUT2D eigenvalue weighted by molar-refractivity contribution is -0.138. The maximum atomic E-state index is 13.2. The van der Waals surface area contributed by atoms with Crippen molar-refractivity contribution in [2.24, 2.45) is 29.6 Å². The van der Waals surface area contributed by atoms with Gasteiger partial charge >= 0.3 is 6.18 Å². The quantitative estimate of drug-likeness (QED) is 0.776. The fourth-order valence-electron chi connectivity index (χ4n) is 5.30. The van der Waals surface area contributed by atoms with Gasteiger partial charge in [-0.1, -0.05) is 0 Å². The zero-order chi connectivity index (χ0) is 18.4. The number of benzene rings is 1. The van der Waals surface area contributed by atoms with E-state index in [9.17, 15) is 22.8 Å². The van der Waals surface area contributed by atoms with Crippen LogP contribution in [0.15, 0.2) is 18.2 Å². The molecular weight excluding hydrogens is 347 g/mol. The molecule has 6 rings (SSSR count). The van der Waals surface area contributed by atoms with Crippen LogP contribution in [0, 0.1) is 40.9 Å². The molecule has 5 nitrogen and oxygen atoms in total. The topological polar surface area (TPSA) is 73.2 Å². The van der Waals surface area contributed by atoms with Crippen LogP contribution in [0.2, 0.25) is 0 Å². The van der Waals surface area contributed by atoms with Crippen LogP contribution >= 0.6 is 0 Å². The van der Waals surface area contributed by atoms with Crippen molar-refractivity contribution in [2.45, 2.75) is 18.6 Å². The molecule has 1 N–H and O–H groups in total. The molecule has 2 aliphatic carbocycles. The molecule has 2 saturated carbocycles. The molecule has 5 fully saturated rings. The van der Waals surface area contributed by atoms with E-state index in [-0.39, 0.29) is 17.6 Å². The first kappa shape index (κ1) is 15.8. The highest BCUT2D eigenvalue weighted by molar-refractivity contribution is 6.22. The first-order valence-corrected chi connectivity index (χ1v) is 8.55. The molecule has 1 aromatic carbocycles. The van der Waals surface area contributed by atoms with Crippen LogP contribution in [-0.4, -0.2) is 24.4 Å². The molecule has 3 saturated heterocycles. The largest absolute Gasteiger partial charge is 0.417 e. The summed E-state index contributed by atoms with van der Waals surface area (Å²) >= 11 is 0. The van der Waals surface area contributed by atoms with Gasteiger partial charge in [-0.2, -0.15) is 18.4 Å². The maximum Gasteiger partial charge on any atom is 0.417 e. The summed E-state index contributed by atoms with van der Waals surface area (Å²) in [6.07, 6.45) is -3.72. The number of carbonyl (C=O) groups excluding carboxylic acids is 2. The lowest BCUT2D eigenvalue weighted by atomic mass is 9.67. The average Bonchev–Trinajstić information content (AvgIpc) is 3.38. The molecule has 134 valence electrons. The minimum absolute atomic E-state index is 0.0584. The number of alkyl halides is 3. The molecule has 2 bridgehead atoms. The summed E-state index contributed by atoms with van der Waals surface area (Å²) in [6.45, 7) is 0.682.